The van der Waals surface area contributed by atoms with Gasteiger partial charge in [0, 0.05) is 6.21 Å². The number of hydrogen-bond donors (Lipinski definition) is 2. The Labute approximate surface area is 174 Å². The molecule has 0 saturated carbocycles. The number of carbonyl (C=O) groups is 1. The molecule has 2 rings (SSSR count). The van der Waals surface area contributed by atoms with Crippen LogP contribution in [0.2, 0.25) is 0 Å². The van der Waals surface area contributed by atoms with Gasteiger partial charge in [0.15, 0.2) is 23.3 Å². The number of nitrogens with zero attached hydrogens (tertiary/aromatic N) is 1. The fraction of sp³-hybridized carbons (Fsp3) is 0.238. The van der Waals surface area contributed by atoms with Crippen LogP contribution in [0.5, 0.6) is 0 Å². The van der Waals surface area contributed by atoms with Crippen molar-refractivity contribution in [3.63, 3.8) is 0 Å². The minimum atomic E-state index is -2.42. The summed E-state index contributed by atoms with van der Waals surface area (Å²) < 4.78 is 73.1. The predicted molar refractivity (Wildman–Crippen MR) is 102 cm³/mol. The number of hydrogen-bond acceptors (Lipinski definition) is 5. The van der Waals surface area contributed by atoms with Crippen LogP contribution in [0.3, 0.4) is 0 Å². The van der Waals surface area contributed by atoms with E-state index in [4.69, 9.17) is 0 Å². The fourth-order valence-electron chi connectivity index (χ4n) is 2.60. The molecule has 0 fully saturated rings. The second-order valence-electron chi connectivity index (χ2n) is 6.23. The summed E-state index contributed by atoms with van der Waals surface area (Å²) in [6, 6.07) is 7.90. The number of aliphatic hydroxyl groups is 2. The van der Waals surface area contributed by atoms with Crippen molar-refractivity contribution in [1.29, 1.82) is 0 Å². The number of halogens is 5. The molecule has 1 atom stereocenters. The molecule has 10 heteroatoms. The number of carbonyl (C=O) groups excluding carboxylic acids is 1. The molecule has 0 spiro atoms. The number of ether oxygens (including phenoxy) is 1. The van der Waals surface area contributed by atoms with Gasteiger partial charge in [-0.3, -0.25) is 4.99 Å². The van der Waals surface area contributed by atoms with E-state index < -0.39 is 64.6 Å². The van der Waals surface area contributed by atoms with E-state index in [0.29, 0.717) is 6.21 Å². The minimum Gasteiger partial charge on any atom is -0.506 e. The lowest BCUT2D eigenvalue weighted by molar-refractivity contribution is -0.137. The zero-order valence-electron chi connectivity index (χ0n) is 16.2. The molecule has 2 aromatic carbocycles. The van der Waals surface area contributed by atoms with Crippen molar-refractivity contribution in [2.24, 2.45) is 4.99 Å². The molecule has 0 aliphatic carbocycles. The highest BCUT2D eigenvalue weighted by Gasteiger charge is 2.30. The highest BCUT2D eigenvalue weighted by molar-refractivity contribution is 6.15. The highest BCUT2D eigenvalue weighted by Crippen LogP contribution is 2.29. The quantitative estimate of drug-likeness (QED) is 0.123. The molecule has 0 bridgehead atoms. The molecule has 0 amide bonds. The summed E-state index contributed by atoms with van der Waals surface area (Å²) in [5.41, 5.74) is -1.88. The summed E-state index contributed by atoms with van der Waals surface area (Å²) >= 11 is 0. The largest absolute Gasteiger partial charge is 0.506 e. The monoisotopic (exact) mass is 443 g/mol. The first-order chi connectivity index (χ1) is 14.7. The van der Waals surface area contributed by atoms with Crippen LogP contribution < -0.4 is 0 Å². The summed E-state index contributed by atoms with van der Waals surface area (Å²) in [5.74, 6) is -14.5. The van der Waals surface area contributed by atoms with Crippen LogP contribution in [0.25, 0.3) is 5.76 Å². The molecule has 0 aliphatic rings. The average Bonchev–Trinajstić information content (AvgIpc) is 2.76. The van der Waals surface area contributed by atoms with Gasteiger partial charge in [0.1, 0.15) is 11.3 Å². The van der Waals surface area contributed by atoms with Gasteiger partial charge < -0.3 is 14.9 Å². The summed E-state index contributed by atoms with van der Waals surface area (Å²) in [6.07, 6.45) is 0.864. The molecule has 0 radical (unpaired) electrons. The first kappa shape index (κ1) is 24.0. The molecule has 0 aromatic heterocycles. The van der Waals surface area contributed by atoms with Crippen molar-refractivity contribution in [1.82, 2.24) is 0 Å². The Hall–Kier alpha value is -3.27. The van der Waals surface area contributed by atoms with Crippen molar-refractivity contribution < 1.29 is 41.7 Å². The van der Waals surface area contributed by atoms with Gasteiger partial charge in [-0.05, 0) is 18.9 Å². The van der Waals surface area contributed by atoms with Gasteiger partial charge in [-0.25, -0.2) is 26.7 Å². The second kappa shape index (κ2) is 10.7. The van der Waals surface area contributed by atoms with E-state index in [1.54, 1.807) is 30.3 Å². The van der Waals surface area contributed by atoms with Crippen molar-refractivity contribution in [3.8, 4) is 0 Å². The van der Waals surface area contributed by atoms with Crippen LogP contribution in [0.15, 0.2) is 40.9 Å². The van der Waals surface area contributed by atoms with Gasteiger partial charge in [0.2, 0.25) is 5.82 Å². The number of benzene rings is 2. The Balaban J connectivity index is 2.55. The molecular formula is C21H18F5NO4. The maximum atomic E-state index is 14.1. The van der Waals surface area contributed by atoms with E-state index in [0.717, 1.165) is 5.56 Å². The maximum Gasteiger partial charge on any atom is 0.343 e. The van der Waals surface area contributed by atoms with Gasteiger partial charge in [-0.2, -0.15) is 0 Å². The molecule has 0 unspecified atom stereocenters. The van der Waals surface area contributed by atoms with E-state index in [2.05, 4.69) is 9.73 Å². The van der Waals surface area contributed by atoms with Crippen LogP contribution >= 0.6 is 0 Å². The number of esters is 1. The lowest BCUT2D eigenvalue weighted by Gasteiger charge is -2.12. The SMILES string of the molecule is CCOC(=O)C(C=N[C@H](CO)Cc1ccccc1)=C(O)c1c(F)c(F)c(F)c(F)c1F. The molecule has 0 heterocycles. The van der Waals surface area contributed by atoms with E-state index in [1.807, 2.05) is 0 Å². The van der Waals surface area contributed by atoms with Gasteiger partial charge in [-0.15, -0.1) is 0 Å². The van der Waals surface area contributed by atoms with Crippen LogP contribution in [-0.4, -0.2) is 41.7 Å². The topological polar surface area (TPSA) is 79.1 Å². The Kier molecular flexibility index (Phi) is 8.26. The lowest BCUT2D eigenvalue weighted by atomic mass is 10.1. The predicted octanol–water partition coefficient (Wildman–Crippen LogP) is 3.89. The molecule has 0 aliphatic heterocycles. The smallest absolute Gasteiger partial charge is 0.343 e. The minimum absolute atomic E-state index is 0.202. The van der Waals surface area contributed by atoms with Crippen molar-refractivity contribution in [2.75, 3.05) is 13.2 Å². The van der Waals surface area contributed by atoms with Crippen LogP contribution in [0.4, 0.5) is 22.0 Å². The summed E-state index contributed by atoms with van der Waals surface area (Å²) in [6.45, 7) is 0.687. The summed E-state index contributed by atoms with van der Waals surface area (Å²) in [7, 11) is 0. The van der Waals surface area contributed by atoms with Gasteiger partial charge >= 0.3 is 5.97 Å². The first-order valence-electron chi connectivity index (χ1n) is 9.02. The Morgan fingerprint density at radius 2 is 1.58 bits per heavy atom. The molecule has 166 valence electrons. The second-order valence-corrected chi connectivity index (χ2v) is 6.23. The standard InChI is InChI=1S/C21H18F5NO4/c1-2-31-21(30)13(9-27-12(10-28)8-11-6-4-3-5-7-11)20(29)14-15(22)17(24)19(26)18(25)16(14)23/h3-7,9,12,28-29H,2,8,10H2,1H3/t12-/m0/s1. The van der Waals surface area contributed by atoms with Crippen molar-refractivity contribution >= 4 is 17.9 Å². The number of aliphatic hydroxyl groups excluding tert-OH is 2. The molecule has 2 N–H and O–H groups in total. The molecule has 2 aromatic rings. The van der Waals surface area contributed by atoms with Crippen LogP contribution in [0, 0.1) is 29.1 Å². The maximum absolute atomic E-state index is 14.1. The molecule has 31 heavy (non-hydrogen) atoms. The molecule has 5 nitrogen and oxygen atoms in total. The third kappa shape index (κ3) is 5.46. The van der Waals surface area contributed by atoms with E-state index in [1.165, 1.54) is 6.92 Å². The zero-order valence-corrected chi connectivity index (χ0v) is 16.2. The Bertz CT molecular complexity index is 980. The lowest BCUT2D eigenvalue weighted by Crippen LogP contribution is -2.18. The first-order valence-corrected chi connectivity index (χ1v) is 9.02. The van der Waals surface area contributed by atoms with E-state index in [9.17, 15) is 37.0 Å². The normalized spacial score (nSPS) is 13.3. The Morgan fingerprint density at radius 1 is 1.03 bits per heavy atom. The highest BCUT2D eigenvalue weighted by atomic mass is 19.2. The number of aliphatic imine (C=N–C) groups is 1. The summed E-state index contributed by atoms with van der Waals surface area (Å²) in [4.78, 5) is 16.1. The van der Waals surface area contributed by atoms with E-state index in [-0.39, 0.29) is 13.0 Å². The average molecular weight is 443 g/mol. The summed E-state index contributed by atoms with van der Waals surface area (Å²) in [5, 5.41) is 19.8. The van der Waals surface area contributed by atoms with E-state index >= 15 is 0 Å². The van der Waals surface area contributed by atoms with Crippen molar-refractivity contribution in [2.45, 2.75) is 19.4 Å². The van der Waals surface area contributed by atoms with Crippen molar-refractivity contribution in [3.05, 3.63) is 76.1 Å². The van der Waals surface area contributed by atoms with Gasteiger partial charge in [0.05, 0.1) is 24.8 Å². The number of rotatable bonds is 8. The van der Waals surface area contributed by atoms with Crippen LogP contribution in [-0.2, 0) is 16.0 Å². The zero-order chi connectivity index (χ0) is 23.1. The van der Waals surface area contributed by atoms with Crippen LogP contribution in [0.1, 0.15) is 18.1 Å². The Morgan fingerprint density at radius 3 is 2.10 bits per heavy atom. The fourth-order valence-corrected chi connectivity index (χ4v) is 2.60. The molecule has 0 saturated heterocycles. The third-order valence-corrected chi connectivity index (χ3v) is 4.14. The van der Waals surface area contributed by atoms with Gasteiger partial charge in [0.25, 0.3) is 0 Å². The van der Waals surface area contributed by atoms with Gasteiger partial charge in [-0.1, -0.05) is 30.3 Å². The third-order valence-electron chi connectivity index (χ3n) is 4.14. The molecular weight excluding hydrogens is 425 g/mol.